The summed E-state index contributed by atoms with van der Waals surface area (Å²) >= 11 is 21.8. The average molecular weight is 630 g/mol. The highest BCUT2D eigenvalue weighted by Gasteiger charge is 2.30. The summed E-state index contributed by atoms with van der Waals surface area (Å²) in [6.45, 7) is 0. The molecule has 0 aromatic heterocycles. The van der Waals surface area contributed by atoms with Crippen LogP contribution in [0.2, 0.25) is 0 Å². The summed E-state index contributed by atoms with van der Waals surface area (Å²) in [6.07, 6.45) is 2.95. The van der Waals surface area contributed by atoms with Crippen molar-refractivity contribution in [3.8, 4) is 0 Å². The lowest BCUT2D eigenvalue weighted by molar-refractivity contribution is 1.02. The van der Waals surface area contributed by atoms with Gasteiger partial charge in [-0.15, -0.1) is 0 Å². The summed E-state index contributed by atoms with van der Waals surface area (Å²) in [7, 11) is 0. The number of hydrogen-bond donors (Lipinski definition) is 0. The first-order valence-corrected chi connectivity index (χ1v) is 9.67. The Morgan fingerprint density at radius 1 is 0.944 bits per heavy atom. The number of hydrogen-bond acceptors (Lipinski definition) is 0. The lowest BCUT2D eigenvalue weighted by Crippen LogP contribution is -2.13. The van der Waals surface area contributed by atoms with E-state index >= 15 is 0 Å². The van der Waals surface area contributed by atoms with E-state index in [2.05, 4.69) is 102 Å². The standard InChI is InChI=1S/C12H6Br6/c13-6-2-1-3-7(14)10(6)11-8(15)4-12(17,18)5-9(11)16/h1-4H,5H2. The van der Waals surface area contributed by atoms with E-state index in [1.165, 1.54) is 0 Å². The lowest BCUT2D eigenvalue weighted by Gasteiger charge is -2.26. The molecule has 0 amide bonds. The third-order valence-electron chi connectivity index (χ3n) is 2.45. The van der Waals surface area contributed by atoms with Crippen molar-refractivity contribution in [3.05, 3.63) is 47.7 Å². The summed E-state index contributed by atoms with van der Waals surface area (Å²) in [6, 6.07) is 6.08. The summed E-state index contributed by atoms with van der Waals surface area (Å²) < 4.78 is 4.10. The highest BCUT2D eigenvalue weighted by atomic mass is 79.9. The quantitative estimate of drug-likeness (QED) is 0.283. The first-order chi connectivity index (χ1) is 8.32. The molecule has 96 valence electrons. The molecule has 18 heavy (non-hydrogen) atoms. The van der Waals surface area contributed by atoms with Gasteiger partial charge in [-0.2, -0.15) is 0 Å². The molecule has 0 fully saturated rings. The van der Waals surface area contributed by atoms with Crippen LogP contribution in [0.5, 0.6) is 0 Å². The minimum absolute atomic E-state index is 0.200. The van der Waals surface area contributed by atoms with Gasteiger partial charge in [-0.05, 0) is 18.2 Å². The van der Waals surface area contributed by atoms with Crippen LogP contribution in [-0.2, 0) is 0 Å². The predicted octanol–water partition coefficient (Wildman–Crippen LogP) is 7.49. The Labute approximate surface area is 156 Å². The van der Waals surface area contributed by atoms with Gasteiger partial charge in [0.25, 0.3) is 0 Å². The van der Waals surface area contributed by atoms with Crippen molar-refractivity contribution >= 4 is 101 Å². The van der Waals surface area contributed by atoms with Crippen molar-refractivity contribution in [2.24, 2.45) is 0 Å². The number of allylic oxidation sites excluding steroid dienone is 4. The molecule has 0 atom stereocenters. The largest absolute Gasteiger partial charge is 0.104 e. The molecule has 0 unspecified atom stereocenters. The molecule has 0 saturated carbocycles. The molecule has 1 aliphatic rings. The molecule has 0 spiro atoms. The summed E-state index contributed by atoms with van der Waals surface area (Å²) in [5.41, 5.74) is 2.30. The van der Waals surface area contributed by atoms with Gasteiger partial charge in [-0.1, -0.05) is 102 Å². The highest BCUT2D eigenvalue weighted by molar-refractivity contribution is 9.25. The Hall–Kier alpha value is 1.58. The second-order valence-electron chi connectivity index (χ2n) is 3.81. The van der Waals surface area contributed by atoms with E-state index in [-0.39, 0.29) is 3.23 Å². The van der Waals surface area contributed by atoms with Gasteiger partial charge >= 0.3 is 0 Å². The van der Waals surface area contributed by atoms with Crippen LogP contribution in [0.25, 0.3) is 5.57 Å². The van der Waals surface area contributed by atoms with Crippen molar-refractivity contribution < 1.29 is 0 Å². The summed E-state index contributed by atoms with van der Waals surface area (Å²) in [5.74, 6) is 0. The second kappa shape index (κ2) is 6.14. The normalized spacial score (nSPS) is 18.9. The Balaban J connectivity index is 2.62. The van der Waals surface area contributed by atoms with Gasteiger partial charge in [0, 0.05) is 35.5 Å². The predicted molar refractivity (Wildman–Crippen MR) is 99.9 cm³/mol. The molecule has 1 aromatic rings. The fourth-order valence-corrected chi connectivity index (χ4v) is 7.45. The number of halogens is 6. The van der Waals surface area contributed by atoms with Crippen molar-refractivity contribution in [3.63, 3.8) is 0 Å². The third kappa shape index (κ3) is 3.42. The third-order valence-corrected chi connectivity index (χ3v) is 6.09. The number of rotatable bonds is 1. The summed E-state index contributed by atoms with van der Waals surface area (Å²) in [5, 5.41) is 0. The van der Waals surface area contributed by atoms with Crippen LogP contribution in [0.3, 0.4) is 0 Å². The van der Waals surface area contributed by atoms with Crippen LogP contribution in [0.1, 0.15) is 12.0 Å². The van der Waals surface area contributed by atoms with E-state index in [1.807, 2.05) is 18.2 Å². The maximum absolute atomic E-state index is 3.68. The van der Waals surface area contributed by atoms with Gasteiger partial charge in [0.1, 0.15) is 3.23 Å². The Morgan fingerprint density at radius 2 is 1.50 bits per heavy atom. The Morgan fingerprint density at radius 3 is 2.00 bits per heavy atom. The zero-order valence-corrected chi connectivity index (χ0v) is 18.3. The molecule has 0 bridgehead atoms. The van der Waals surface area contributed by atoms with E-state index in [0.29, 0.717) is 0 Å². The maximum Gasteiger partial charge on any atom is 0.104 e. The lowest BCUT2D eigenvalue weighted by atomic mass is 9.99. The molecule has 2 rings (SSSR count). The molecule has 1 aliphatic carbocycles. The molecule has 0 heterocycles. The minimum Gasteiger partial charge on any atom is -0.0676 e. The molecule has 0 saturated heterocycles. The monoisotopic (exact) mass is 624 g/mol. The molecule has 0 N–H and O–H groups in total. The highest BCUT2D eigenvalue weighted by Crippen LogP contribution is 2.50. The van der Waals surface area contributed by atoms with Gasteiger partial charge in [0.15, 0.2) is 0 Å². The Kier molecular flexibility index (Phi) is 5.44. The van der Waals surface area contributed by atoms with E-state index in [0.717, 1.165) is 35.5 Å². The first-order valence-electron chi connectivity index (χ1n) is 4.91. The number of benzene rings is 1. The fraction of sp³-hybridized carbons (Fsp3) is 0.167. The van der Waals surface area contributed by atoms with Crippen LogP contribution in [0.15, 0.2) is 42.2 Å². The molecule has 0 nitrogen and oxygen atoms in total. The molecular weight excluding hydrogens is 624 g/mol. The average Bonchev–Trinajstić information content (AvgIpc) is 2.19. The molecule has 1 aromatic carbocycles. The smallest absolute Gasteiger partial charge is 0.0676 e. The topological polar surface area (TPSA) is 0 Å². The van der Waals surface area contributed by atoms with Gasteiger partial charge in [0.05, 0.1) is 0 Å². The van der Waals surface area contributed by atoms with Crippen molar-refractivity contribution in [1.82, 2.24) is 0 Å². The molecule has 0 aliphatic heterocycles. The van der Waals surface area contributed by atoms with E-state index in [9.17, 15) is 0 Å². The molecule has 6 heteroatoms. The van der Waals surface area contributed by atoms with Crippen LogP contribution < -0.4 is 0 Å². The minimum atomic E-state index is -0.200. The van der Waals surface area contributed by atoms with Crippen LogP contribution in [0.4, 0.5) is 0 Å². The molecule has 0 radical (unpaired) electrons. The zero-order valence-electron chi connectivity index (χ0n) is 8.78. The van der Waals surface area contributed by atoms with Crippen LogP contribution in [0, 0.1) is 0 Å². The summed E-state index contributed by atoms with van der Waals surface area (Å²) in [4.78, 5) is 0. The molecular formula is C12H6Br6. The van der Waals surface area contributed by atoms with Gasteiger partial charge in [-0.25, -0.2) is 0 Å². The zero-order chi connectivity index (χ0) is 13.5. The number of alkyl halides is 2. The van der Waals surface area contributed by atoms with Crippen LogP contribution >= 0.6 is 95.6 Å². The van der Waals surface area contributed by atoms with Crippen molar-refractivity contribution in [2.45, 2.75) is 9.65 Å². The maximum atomic E-state index is 3.68. The fourth-order valence-electron chi connectivity index (χ4n) is 1.73. The Bertz CT molecular complexity index is 535. The van der Waals surface area contributed by atoms with E-state index in [1.54, 1.807) is 0 Å². The SMILES string of the molecule is BrC1=CC(Br)(Br)CC(Br)=C1c1c(Br)cccc1Br. The first kappa shape index (κ1) is 16.0. The van der Waals surface area contributed by atoms with Crippen molar-refractivity contribution in [1.29, 1.82) is 0 Å². The van der Waals surface area contributed by atoms with Gasteiger partial charge in [0.2, 0.25) is 0 Å². The second-order valence-corrected chi connectivity index (χ2v) is 11.2. The van der Waals surface area contributed by atoms with Crippen LogP contribution in [-0.4, -0.2) is 3.23 Å². The van der Waals surface area contributed by atoms with E-state index < -0.39 is 0 Å². The van der Waals surface area contributed by atoms with Gasteiger partial charge in [-0.3, -0.25) is 0 Å². The van der Waals surface area contributed by atoms with E-state index in [4.69, 9.17) is 0 Å². The van der Waals surface area contributed by atoms with Crippen molar-refractivity contribution in [2.75, 3.05) is 0 Å². The van der Waals surface area contributed by atoms with Gasteiger partial charge < -0.3 is 0 Å².